The summed E-state index contributed by atoms with van der Waals surface area (Å²) in [4.78, 5) is 34.8. The highest BCUT2D eigenvalue weighted by molar-refractivity contribution is 5.96. The molecular weight excluding hydrogens is 362 g/mol. The summed E-state index contributed by atoms with van der Waals surface area (Å²) in [6, 6.07) is 13.5. The molecule has 0 saturated heterocycles. The molecule has 3 amide bonds. The van der Waals surface area contributed by atoms with Crippen molar-refractivity contribution in [3.05, 3.63) is 59.7 Å². The summed E-state index contributed by atoms with van der Waals surface area (Å²) in [5.74, 6) is -0.928. The first-order chi connectivity index (χ1) is 13.5. The second-order valence-electron chi connectivity index (χ2n) is 6.47. The minimum absolute atomic E-state index is 0.252. The van der Waals surface area contributed by atoms with Crippen LogP contribution >= 0.6 is 0 Å². The predicted octanol–water partition coefficient (Wildman–Crippen LogP) is 2.36. The molecule has 0 bridgehead atoms. The molecule has 1 aliphatic carbocycles. The quantitative estimate of drug-likeness (QED) is 0.558. The van der Waals surface area contributed by atoms with Crippen LogP contribution in [0, 0.1) is 0 Å². The number of aliphatic carboxylic acids is 1. The molecule has 0 atom stereocenters. The smallest absolute Gasteiger partial charge is 0.341 e. The molecule has 1 aliphatic rings. The van der Waals surface area contributed by atoms with Gasteiger partial charge in [0.1, 0.15) is 5.75 Å². The van der Waals surface area contributed by atoms with Gasteiger partial charge in [0.05, 0.1) is 0 Å². The van der Waals surface area contributed by atoms with Crippen molar-refractivity contribution in [2.24, 2.45) is 0 Å². The number of ether oxygens (including phenoxy) is 1. The van der Waals surface area contributed by atoms with E-state index in [2.05, 4.69) is 16.0 Å². The maximum absolute atomic E-state index is 12.4. The molecule has 146 valence electrons. The number of amides is 3. The van der Waals surface area contributed by atoms with Crippen LogP contribution in [0.15, 0.2) is 48.5 Å². The second kappa shape index (κ2) is 8.90. The van der Waals surface area contributed by atoms with E-state index in [1.165, 1.54) is 0 Å². The first kappa shape index (κ1) is 19.2. The Morgan fingerprint density at radius 1 is 1.07 bits per heavy atom. The monoisotopic (exact) mass is 383 g/mol. The predicted molar refractivity (Wildman–Crippen MR) is 102 cm³/mol. The number of benzene rings is 2. The van der Waals surface area contributed by atoms with E-state index in [1.807, 2.05) is 0 Å². The summed E-state index contributed by atoms with van der Waals surface area (Å²) in [6.07, 6.45) is 2.00. The van der Waals surface area contributed by atoms with E-state index >= 15 is 0 Å². The number of carbonyl (C=O) groups excluding carboxylic acids is 2. The van der Waals surface area contributed by atoms with Crippen molar-refractivity contribution in [2.45, 2.75) is 25.4 Å². The second-order valence-corrected chi connectivity index (χ2v) is 6.47. The molecule has 8 nitrogen and oxygen atoms in total. The van der Waals surface area contributed by atoms with E-state index in [0.717, 1.165) is 18.4 Å². The van der Waals surface area contributed by atoms with Crippen molar-refractivity contribution in [1.29, 1.82) is 0 Å². The average molecular weight is 383 g/mol. The molecule has 2 aromatic rings. The molecule has 0 unspecified atom stereocenters. The standard InChI is InChI=1S/C20H21N3O5/c24-18(25)12-28-17-6-1-3-13(9-17)11-21-19(26)14-4-2-5-16(10-14)23-20(27)22-15-7-8-15/h1-6,9-10,15H,7-8,11-12H2,(H,21,26)(H,24,25)(H2,22,23,27). The number of rotatable bonds is 8. The Hall–Kier alpha value is -3.55. The Morgan fingerprint density at radius 2 is 1.86 bits per heavy atom. The fourth-order valence-electron chi connectivity index (χ4n) is 2.49. The topological polar surface area (TPSA) is 117 Å². The van der Waals surface area contributed by atoms with Crippen LogP contribution in [-0.4, -0.2) is 35.7 Å². The maximum Gasteiger partial charge on any atom is 0.341 e. The van der Waals surface area contributed by atoms with Crippen LogP contribution in [0.2, 0.25) is 0 Å². The summed E-state index contributed by atoms with van der Waals surface area (Å²) in [5, 5.41) is 17.0. The van der Waals surface area contributed by atoms with Crippen molar-refractivity contribution in [3.8, 4) is 5.75 Å². The van der Waals surface area contributed by atoms with E-state index in [0.29, 0.717) is 17.0 Å². The summed E-state index contributed by atoms with van der Waals surface area (Å²) in [5.41, 5.74) is 1.73. The van der Waals surface area contributed by atoms with Crippen LogP contribution in [0.5, 0.6) is 5.75 Å². The van der Waals surface area contributed by atoms with E-state index in [9.17, 15) is 14.4 Å². The van der Waals surface area contributed by atoms with Crippen LogP contribution in [0.3, 0.4) is 0 Å². The van der Waals surface area contributed by atoms with E-state index < -0.39 is 12.6 Å². The van der Waals surface area contributed by atoms with Crippen LogP contribution in [0.1, 0.15) is 28.8 Å². The van der Waals surface area contributed by atoms with Gasteiger partial charge in [0.25, 0.3) is 5.91 Å². The lowest BCUT2D eigenvalue weighted by atomic mass is 10.1. The molecule has 0 radical (unpaired) electrons. The molecule has 0 aliphatic heterocycles. The van der Waals surface area contributed by atoms with Gasteiger partial charge in [-0.2, -0.15) is 0 Å². The van der Waals surface area contributed by atoms with E-state index in [1.54, 1.807) is 48.5 Å². The van der Waals surface area contributed by atoms with Crippen LogP contribution < -0.4 is 20.7 Å². The third kappa shape index (κ3) is 6.01. The van der Waals surface area contributed by atoms with Crippen molar-refractivity contribution in [2.75, 3.05) is 11.9 Å². The van der Waals surface area contributed by atoms with Gasteiger partial charge in [0.2, 0.25) is 0 Å². The number of carbonyl (C=O) groups is 3. The number of carboxylic acid groups (broad SMARTS) is 1. The minimum Gasteiger partial charge on any atom is -0.482 e. The first-order valence-corrected chi connectivity index (χ1v) is 8.89. The Kier molecular flexibility index (Phi) is 6.11. The van der Waals surface area contributed by atoms with Crippen LogP contribution in [0.25, 0.3) is 0 Å². The number of urea groups is 1. The molecule has 2 aromatic carbocycles. The van der Waals surface area contributed by atoms with Gasteiger partial charge in [0.15, 0.2) is 6.61 Å². The lowest BCUT2D eigenvalue weighted by Gasteiger charge is -2.10. The van der Waals surface area contributed by atoms with Crippen molar-refractivity contribution >= 4 is 23.6 Å². The van der Waals surface area contributed by atoms with Gasteiger partial charge in [-0.3, -0.25) is 4.79 Å². The summed E-state index contributed by atoms with van der Waals surface area (Å²) in [7, 11) is 0. The zero-order chi connectivity index (χ0) is 19.9. The van der Waals surface area contributed by atoms with Crippen LogP contribution in [0.4, 0.5) is 10.5 Å². The Labute approximate surface area is 161 Å². The van der Waals surface area contributed by atoms with Gasteiger partial charge < -0.3 is 25.8 Å². The van der Waals surface area contributed by atoms with Gasteiger partial charge in [-0.05, 0) is 48.7 Å². The molecular formula is C20H21N3O5. The molecule has 0 aromatic heterocycles. The lowest BCUT2D eigenvalue weighted by Crippen LogP contribution is -2.30. The fourth-order valence-corrected chi connectivity index (χ4v) is 2.49. The molecule has 4 N–H and O–H groups in total. The molecule has 1 fully saturated rings. The SMILES string of the molecule is O=C(O)COc1cccc(CNC(=O)c2cccc(NC(=O)NC3CC3)c2)c1. The number of nitrogens with one attached hydrogen (secondary N) is 3. The van der Waals surface area contributed by atoms with E-state index in [-0.39, 0.29) is 24.5 Å². The van der Waals surface area contributed by atoms with Gasteiger partial charge in [-0.15, -0.1) is 0 Å². The lowest BCUT2D eigenvalue weighted by molar-refractivity contribution is -0.139. The number of hydrogen-bond donors (Lipinski definition) is 4. The largest absolute Gasteiger partial charge is 0.482 e. The van der Waals surface area contributed by atoms with Crippen molar-refractivity contribution in [3.63, 3.8) is 0 Å². The van der Waals surface area contributed by atoms with E-state index in [4.69, 9.17) is 9.84 Å². The zero-order valence-electron chi connectivity index (χ0n) is 15.1. The molecule has 8 heteroatoms. The number of carboxylic acids is 1. The van der Waals surface area contributed by atoms with Gasteiger partial charge in [-0.1, -0.05) is 18.2 Å². The number of anilines is 1. The zero-order valence-corrected chi connectivity index (χ0v) is 15.1. The normalized spacial score (nSPS) is 12.7. The van der Waals surface area contributed by atoms with Gasteiger partial charge in [0, 0.05) is 23.8 Å². The minimum atomic E-state index is -1.06. The Balaban J connectivity index is 1.54. The molecule has 0 spiro atoms. The van der Waals surface area contributed by atoms with Gasteiger partial charge in [-0.25, -0.2) is 9.59 Å². The fraction of sp³-hybridized carbons (Fsp3) is 0.250. The molecule has 3 rings (SSSR count). The van der Waals surface area contributed by atoms with Crippen molar-refractivity contribution in [1.82, 2.24) is 10.6 Å². The maximum atomic E-state index is 12.4. The Bertz CT molecular complexity index is 880. The summed E-state index contributed by atoms with van der Waals surface area (Å²) >= 11 is 0. The highest BCUT2D eigenvalue weighted by atomic mass is 16.5. The third-order valence-electron chi connectivity index (χ3n) is 4.01. The summed E-state index contributed by atoms with van der Waals surface area (Å²) < 4.78 is 5.13. The summed E-state index contributed by atoms with van der Waals surface area (Å²) in [6.45, 7) is -0.174. The van der Waals surface area contributed by atoms with Gasteiger partial charge >= 0.3 is 12.0 Å². The molecule has 0 heterocycles. The molecule has 28 heavy (non-hydrogen) atoms. The highest BCUT2D eigenvalue weighted by Crippen LogP contribution is 2.19. The molecule has 1 saturated carbocycles. The third-order valence-corrected chi connectivity index (χ3v) is 4.01. The highest BCUT2D eigenvalue weighted by Gasteiger charge is 2.23. The number of hydrogen-bond acceptors (Lipinski definition) is 4. The average Bonchev–Trinajstić information content (AvgIpc) is 3.49. The van der Waals surface area contributed by atoms with Crippen LogP contribution in [-0.2, 0) is 11.3 Å². The first-order valence-electron chi connectivity index (χ1n) is 8.89. The Morgan fingerprint density at radius 3 is 2.61 bits per heavy atom. The van der Waals surface area contributed by atoms with Crippen molar-refractivity contribution < 1.29 is 24.2 Å².